The number of carbonyl (C=O) groups excluding carboxylic acids is 1. The molecule has 1 saturated carbocycles. The molecule has 1 aliphatic rings. The average Bonchev–Trinajstić information content (AvgIpc) is 2.52. The van der Waals surface area contributed by atoms with Crippen molar-refractivity contribution in [3.63, 3.8) is 0 Å². The highest BCUT2D eigenvalue weighted by Gasteiger charge is 2.32. The molecule has 0 aromatic carbocycles. The number of likely N-dealkylation sites (N-methyl/N-ethyl adjacent to an activating group) is 1. The summed E-state index contributed by atoms with van der Waals surface area (Å²) >= 11 is 0. The molecule has 1 fully saturated rings. The van der Waals surface area contributed by atoms with Gasteiger partial charge in [0.2, 0.25) is 5.91 Å². The van der Waals surface area contributed by atoms with Crippen molar-refractivity contribution in [2.75, 3.05) is 13.6 Å². The normalized spacial score (nSPS) is 19.3. The topological polar surface area (TPSA) is 46.3 Å². The summed E-state index contributed by atoms with van der Waals surface area (Å²) in [4.78, 5) is 13.4. The number of hydrogen-bond donors (Lipinski definition) is 1. The van der Waals surface area contributed by atoms with Crippen LogP contribution in [0.5, 0.6) is 0 Å². The molecule has 3 heteroatoms. The first kappa shape index (κ1) is 11.2. The highest BCUT2D eigenvalue weighted by Crippen LogP contribution is 2.30. The first-order valence-electron chi connectivity index (χ1n) is 5.21. The van der Waals surface area contributed by atoms with E-state index < -0.39 is 0 Å². The van der Waals surface area contributed by atoms with E-state index in [9.17, 15) is 4.79 Å². The molecule has 0 aromatic heterocycles. The van der Waals surface area contributed by atoms with Crippen LogP contribution in [0.1, 0.15) is 32.1 Å². The quantitative estimate of drug-likeness (QED) is 0.689. The Morgan fingerprint density at radius 1 is 1.57 bits per heavy atom. The zero-order chi connectivity index (χ0) is 10.6. The molecule has 0 atom stereocenters. The SMILES string of the molecule is C=CCN(C)C(=O)CC1(N)CCCC1. The Bertz CT molecular complexity index is 219. The van der Waals surface area contributed by atoms with Crippen molar-refractivity contribution in [2.24, 2.45) is 5.73 Å². The lowest BCUT2D eigenvalue weighted by molar-refractivity contribution is -0.130. The second-order valence-electron chi connectivity index (χ2n) is 4.31. The smallest absolute Gasteiger partial charge is 0.224 e. The van der Waals surface area contributed by atoms with E-state index in [1.54, 1.807) is 18.0 Å². The van der Waals surface area contributed by atoms with Gasteiger partial charge in [0.25, 0.3) is 0 Å². The molecule has 3 nitrogen and oxygen atoms in total. The maximum Gasteiger partial charge on any atom is 0.224 e. The summed E-state index contributed by atoms with van der Waals surface area (Å²) < 4.78 is 0. The number of amides is 1. The van der Waals surface area contributed by atoms with Crippen LogP contribution in [-0.2, 0) is 4.79 Å². The Kier molecular flexibility index (Phi) is 3.69. The van der Waals surface area contributed by atoms with E-state index in [0.29, 0.717) is 13.0 Å². The van der Waals surface area contributed by atoms with Crippen LogP contribution in [0.15, 0.2) is 12.7 Å². The zero-order valence-electron chi connectivity index (χ0n) is 8.96. The van der Waals surface area contributed by atoms with Gasteiger partial charge in [0, 0.05) is 25.6 Å². The first-order chi connectivity index (χ1) is 6.57. The van der Waals surface area contributed by atoms with Gasteiger partial charge in [0.1, 0.15) is 0 Å². The Morgan fingerprint density at radius 3 is 2.64 bits per heavy atom. The second-order valence-corrected chi connectivity index (χ2v) is 4.31. The molecular formula is C11H20N2O. The molecule has 80 valence electrons. The van der Waals surface area contributed by atoms with Crippen LogP contribution < -0.4 is 5.73 Å². The number of nitrogens with zero attached hydrogens (tertiary/aromatic N) is 1. The highest BCUT2D eigenvalue weighted by molar-refractivity contribution is 5.77. The fraction of sp³-hybridized carbons (Fsp3) is 0.727. The van der Waals surface area contributed by atoms with Gasteiger partial charge in [0.15, 0.2) is 0 Å². The summed E-state index contributed by atoms with van der Waals surface area (Å²) in [6.07, 6.45) is 6.51. The van der Waals surface area contributed by atoms with Crippen molar-refractivity contribution >= 4 is 5.91 Å². The number of rotatable bonds is 4. The van der Waals surface area contributed by atoms with Crippen molar-refractivity contribution in [2.45, 2.75) is 37.6 Å². The Balaban J connectivity index is 2.42. The molecule has 1 amide bonds. The third-order valence-electron chi connectivity index (χ3n) is 2.93. The number of carbonyl (C=O) groups is 1. The van der Waals surface area contributed by atoms with E-state index in [1.807, 2.05) is 0 Å². The summed E-state index contributed by atoms with van der Waals surface area (Å²) in [5.41, 5.74) is 5.89. The lowest BCUT2D eigenvalue weighted by Gasteiger charge is -2.25. The van der Waals surface area contributed by atoms with Gasteiger partial charge in [0.05, 0.1) is 0 Å². The lowest BCUT2D eigenvalue weighted by Crippen LogP contribution is -2.42. The van der Waals surface area contributed by atoms with Crippen LogP contribution in [0, 0.1) is 0 Å². The van der Waals surface area contributed by atoms with Crippen LogP contribution >= 0.6 is 0 Å². The Morgan fingerprint density at radius 2 is 2.14 bits per heavy atom. The molecule has 1 rings (SSSR count). The van der Waals surface area contributed by atoms with E-state index in [4.69, 9.17) is 5.73 Å². The Hall–Kier alpha value is -0.830. The third-order valence-corrected chi connectivity index (χ3v) is 2.93. The molecule has 0 heterocycles. The minimum atomic E-state index is -0.230. The zero-order valence-corrected chi connectivity index (χ0v) is 8.96. The van der Waals surface area contributed by atoms with Crippen LogP contribution in [-0.4, -0.2) is 29.9 Å². The van der Waals surface area contributed by atoms with E-state index in [1.165, 1.54) is 0 Å². The molecule has 14 heavy (non-hydrogen) atoms. The molecule has 0 aromatic rings. The summed E-state index contributed by atoms with van der Waals surface area (Å²) in [5, 5.41) is 0. The van der Waals surface area contributed by atoms with Gasteiger partial charge in [-0.1, -0.05) is 18.9 Å². The average molecular weight is 196 g/mol. The molecule has 0 unspecified atom stereocenters. The predicted octanol–water partition coefficient (Wildman–Crippen LogP) is 1.29. The van der Waals surface area contributed by atoms with Crippen molar-refractivity contribution in [1.29, 1.82) is 0 Å². The summed E-state index contributed by atoms with van der Waals surface area (Å²) in [5.74, 6) is 0.134. The van der Waals surface area contributed by atoms with Gasteiger partial charge >= 0.3 is 0 Å². The van der Waals surface area contributed by atoms with E-state index >= 15 is 0 Å². The van der Waals surface area contributed by atoms with Crippen molar-refractivity contribution in [3.8, 4) is 0 Å². The summed E-state index contributed by atoms with van der Waals surface area (Å²) in [6.45, 7) is 4.21. The van der Waals surface area contributed by atoms with E-state index in [2.05, 4.69) is 6.58 Å². The van der Waals surface area contributed by atoms with Crippen molar-refractivity contribution < 1.29 is 4.79 Å². The molecular weight excluding hydrogens is 176 g/mol. The monoisotopic (exact) mass is 196 g/mol. The molecule has 1 aliphatic carbocycles. The van der Waals surface area contributed by atoms with Crippen LogP contribution in [0.2, 0.25) is 0 Å². The van der Waals surface area contributed by atoms with Gasteiger partial charge in [-0.3, -0.25) is 4.79 Å². The standard InChI is InChI=1S/C11H20N2O/c1-3-8-13(2)10(14)9-11(12)6-4-5-7-11/h3H,1,4-9,12H2,2H3. The largest absolute Gasteiger partial charge is 0.342 e. The van der Waals surface area contributed by atoms with Gasteiger partial charge in [-0.25, -0.2) is 0 Å². The predicted molar refractivity (Wildman–Crippen MR) is 57.8 cm³/mol. The number of nitrogens with two attached hydrogens (primary N) is 1. The van der Waals surface area contributed by atoms with E-state index in [0.717, 1.165) is 25.7 Å². The van der Waals surface area contributed by atoms with Crippen LogP contribution in [0.25, 0.3) is 0 Å². The molecule has 0 aliphatic heterocycles. The summed E-state index contributed by atoms with van der Waals surface area (Å²) in [6, 6.07) is 0. The van der Waals surface area contributed by atoms with Gasteiger partial charge in [-0.05, 0) is 12.8 Å². The molecule has 2 N–H and O–H groups in total. The summed E-state index contributed by atoms with van der Waals surface area (Å²) in [7, 11) is 1.79. The molecule has 0 radical (unpaired) electrons. The fourth-order valence-corrected chi connectivity index (χ4v) is 1.99. The second kappa shape index (κ2) is 4.60. The van der Waals surface area contributed by atoms with Gasteiger partial charge in [-0.2, -0.15) is 0 Å². The van der Waals surface area contributed by atoms with Crippen LogP contribution in [0.4, 0.5) is 0 Å². The maximum atomic E-state index is 11.7. The van der Waals surface area contributed by atoms with Gasteiger partial charge < -0.3 is 10.6 Å². The van der Waals surface area contributed by atoms with Crippen LogP contribution in [0.3, 0.4) is 0 Å². The molecule has 0 saturated heterocycles. The minimum Gasteiger partial charge on any atom is -0.342 e. The number of hydrogen-bond acceptors (Lipinski definition) is 2. The molecule has 0 spiro atoms. The van der Waals surface area contributed by atoms with Crippen molar-refractivity contribution in [1.82, 2.24) is 4.90 Å². The Labute approximate surface area is 86.0 Å². The van der Waals surface area contributed by atoms with Crippen molar-refractivity contribution in [3.05, 3.63) is 12.7 Å². The fourth-order valence-electron chi connectivity index (χ4n) is 1.99. The van der Waals surface area contributed by atoms with Gasteiger partial charge in [-0.15, -0.1) is 6.58 Å². The third kappa shape index (κ3) is 2.84. The minimum absolute atomic E-state index is 0.134. The first-order valence-corrected chi connectivity index (χ1v) is 5.21. The lowest BCUT2D eigenvalue weighted by atomic mass is 9.94. The maximum absolute atomic E-state index is 11.7. The van der Waals surface area contributed by atoms with E-state index in [-0.39, 0.29) is 11.4 Å². The highest BCUT2D eigenvalue weighted by atomic mass is 16.2. The molecule has 0 bridgehead atoms.